The maximum absolute atomic E-state index is 2.43. The first-order chi connectivity index (χ1) is 14.2. The molecular weight excluding hydrogens is 347 g/mol. The Labute approximate surface area is 179 Å². The summed E-state index contributed by atoms with van der Waals surface area (Å²) in [5, 5.41) is 0. The average molecular weight is 382 g/mol. The fourth-order valence-electron chi connectivity index (χ4n) is 3.40. The summed E-state index contributed by atoms with van der Waals surface area (Å²) in [5.74, 6) is 4.37. The molecule has 0 nitrogen and oxygen atoms in total. The van der Waals surface area contributed by atoms with Gasteiger partial charge in [0.15, 0.2) is 0 Å². The van der Waals surface area contributed by atoms with Gasteiger partial charge < -0.3 is 0 Å². The van der Waals surface area contributed by atoms with E-state index in [1.54, 1.807) is 0 Å². The summed E-state index contributed by atoms with van der Waals surface area (Å²) in [4.78, 5) is 0. The van der Waals surface area contributed by atoms with Gasteiger partial charge in [-0.1, -0.05) is 0 Å². The SMILES string of the molecule is CC=B/C=C(C(=C\CCCC)/c1ccc(-c2ccccc2)cc1)\C(C)=C\CCC. The van der Waals surface area contributed by atoms with Crippen molar-refractivity contribution in [2.45, 2.75) is 59.8 Å². The molecule has 2 rings (SSSR count). The molecule has 29 heavy (non-hydrogen) atoms. The number of hydrogen-bond donors (Lipinski definition) is 0. The maximum atomic E-state index is 2.43. The van der Waals surface area contributed by atoms with Crippen LogP contribution in [0.4, 0.5) is 0 Å². The van der Waals surface area contributed by atoms with Crippen LogP contribution in [0.25, 0.3) is 16.7 Å². The molecule has 0 heterocycles. The van der Waals surface area contributed by atoms with Crippen LogP contribution < -0.4 is 0 Å². The molecule has 1 heteroatoms. The molecule has 0 unspecified atom stereocenters. The van der Waals surface area contributed by atoms with Crippen LogP contribution in [0.5, 0.6) is 0 Å². The van der Waals surface area contributed by atoms with Gasteiger partial charge >= 0.3 is 179 Å². The molecule has 0 saturated heterocycles. The molecule has 0 radical (unpaired) electrons. The summed E-state index contributed by atoms with van der Waals surface area (Å²) in [6, 6.07) is 19.6. The van der Waals surface area contributed by atoms with Gasteiger partial charge in [0.1, 0.15) is 0 Å². The number of allylic oxidation sites excluding steroid dienone is 5. The number of rotatable bonds is 10. The molecule has 0 aromatic heterocycles. The average Bonchev–Trinajstić information content (AvgIpc) is 2.77. The van der Waals surface area contributed by atoms with Crippen molar-refractivity contribution in [1.82, 2.24) is 0 Å². The second kappa shape index (κ2) is 12.9. The summed E-state index contributed by atoms with van der Waals surface area (Å²) in [6.07, 6.45) is 10.7. The van der Waals surface area contributed by atoms with E-state index in [9.17, 15) is 0 Å². The van der Waals surface area contributed by atoms with Crippen molar-refractivity contribution >= 4 is 18.5 Å². The third-order valence-corrected chi connectivity index (χ3v) is 5.12. The third-order valence-electron chi connectivity index (χ3n) is 5.12. The van der Waals surface area contributed by atoms with Crippen LogP contribution in [0.1, 0.15) is 65.4 Å². The molecule has 0 N–H and O–H groups in total. The van der Waals surface area contributed by atoms with Gasteiger partial charge in [0.05, 0.1) is 0 Å². The van der Waals surface area contributed by atoms with E-state index in [1.165, 1.54) is 52.7 Å². The molecule has 0 atom stereocenters. The van der Waals surface area contributed by atoms with Crippen molar-refractivity contribution in [1.29, 1.82) is 0 Å². The number of benzene rings is 2. The molecule has 2 aromatic rings. The van der Waals surface area contributed by atoms with Crippen molar-refractivity contribution < 1.29 is 0 Å². The normalized spacial score (nSPS) is 13.0. The van der Waals surface area contributed by atoms with Gasteiger partial charge in [0.25, 0.3) is 0 Å². The number of hydrogen-bond acceptors (Lipinski definition) is 0. The Hall–Kier alpha value is -2.41. The summed E-state index contributed by atoms with van der Waals surface area (Å²) >= 11 is 0. The topological polar surface area (TPSA) is 0 Å². The van der Waals surface area contributed by atoms with Crippen molar-refractivity contribution in [3.8, 4) is 11.1 Å². The van der Waals surface area contributed by atoms with Crippen LogP contribution in [0, 0.1) is 0 Å². The zero-order valence-corrected chi connectivity index (χ0v) is 18.6. The minimum atomic E-state index is 1.11. The first kappa shape index (κ1) is 22.9. The zero-order chi connectivity index (χ0) is 20.9. The fraction of sp³-hybridized carbons (Fsp3) is 0.321. The molecule has 0 aliphatic rings. The zero-order valence-electron chi connectivity index (χ0n) is 18.6. The first-order valence-electron chi connectivity index (χ1n) is 11.1. The monoisotopic (exact) mass is 382 g/mol. The van der Waals surface area contributed by atoms with E-state index in [2.05, 4.69) is 113 Å². The Morgan fingerprint density at radius 2 is 1.52 bits per heavy atom. The van der Waals surface area contributed by atoms with Gasteiger partial charge in [-0.2, -0.15) is 0 Å². The van der Waals surface area contributed by atoms with Crippen LogP contribution >= 0.6 is 0 Å². The molecule has 150 valence electrons. The van der Waals surface area contributed by atoms with E-state index >= 15 is 0 Å². The summed E-state index contributed by atoms with van der Waals surface area (Å²) in [7, 11) is 0. The van der Waals surface area contributed by atoms with Crippen molar-refractivity contribution in [3.63, 3.8) is 0 Å². The molecule has 0 spiro atoms. The van der Waals surface area contributed by atoms with E-state index in [0.29, 0.717) is 0 Å². The summed E-state index contributed by atoms with van der Waals surface area (Å²) in [6.45, 7) is 11.0. The molecule has 2 aromatic carbocycles. The quantitative estimate of drug-likeness (QED) is 0.221. The first-order valence-corrected chi connectivity index (χ1v) is 11.1. The van der Waals surface area contributed by atoms with E-state index in [-0.39, 0.29) is 0 Å². The Balaban J connectivity index is 2.46. The third kappa shape index (κ3) is 7.17. The molecule has 0 fully saturated rings. The van der Waals surface area contributed by atoms with Gasteiger partial charge in [-0.15, -0.1) is 0 Å². The van der Waals surface area contributed by atoms with Crippen LogP contribution in [0.15, 0.2) is 83.9 Å². The number of unbranched alkanes of at least 4 members (excludes halogenated alkanes) is 3. The molecule has 0 aliphatic carbocycles. The minimum absolute atomic E-state index is 1.11. The molecular formula is C28H35B. The Morgan fingerprint density at radius 1 is 0.828 bits per heavy atom. The Bertz CT molecular complexity index is 849. The van der Waals surface area contributed by atoms with Gasteiger partial charge in [-0.05, 0) is 0 Å². The fourth-order valence-corrected chi connectivity index (χ4v) is 3.40. The van der Waals surface area contributed by atoms with Crippen molar-refractivity contribution in [2.75, 3.05) is 0 Å². The van der Waals surface area contributed by atoms with Gasteiger partial charge in [-0.3, -0.25) is 0 Å². The summed E-state index contributed by atoms with van der Waals surface area (Å²) < 4.78 is 0. The van der Waals surface area contributed by atoms with Gasteiger partial charge in [0, 0.05) is 0 Å². The Kier molecular flexibility index (Phi) is 10.2. The van der Waals surface area contributed by atoms with E-state index < -0.39 is 0 Å². The Morgan fingerprint density at radius 3 is 2.14 bits per heavy atom. The van der Waals surface area contributed by atoms with Crippen LogP contribution in [0.2, 0.25) is 0 Å². The van der Waals surface area contributed by atoms with E-state index in [1.807, 2.05) is 0 Å². The molecule has 0 amide bonds. The predicted octanol–water partition coefficient (Wildman–Crippen LogP) is 8.08. The van der Waals surface area contributed by atoms with E-state index in [4.69, 9.17) is 0 Å². The van der Waals surface area contributed by atoms with Gasteiger partial charge in [-0.25, -0.2) is 0 Å². The standard InChI is InChI=1S/C28H35B/c1-5-8-11-17-27(28(22-29-7-3)23(4)14-9-6-2)26-20-18-25(19-21-26)24-15-12-10-13-16-24/h7,10,12-22H,5-6,8-9,11H2,1-4H3/b23-14+,27-17-,28-22+. The van der Waals surface area contributed by atoms with Crippen LogP contribution in [0.3, 0.4) is 0 Å². The second-order valence-corrected chi connectivity index (χ2v) is 7.49. The second-order valence-electron chi connectivity index (χ2n) is 7.49. The molecule has 0 saturated carbocycles. The predicted molar refractivity (Wildman–Crippen MR) is 134 cm³/mol. The van der Waals surface area contributed by atoms with Crippen molar-refractivity contribution in [2.24, 2.45) is 0 Å². The van der Waals surface area contributed by atoms with Crippen molar-refractivity contribution in [3.05, 3.63) is 89.4 Å². The molecule has 0 aliphatic heterocycles. The van der Waals surface area contributed by atoms with Gasteiger partial charge in [0.2, 0.25) is 0 Å². The summed E-state index contributed by atoms with van der Waals surface area (Å²) in [5.41, 5.74) is 7.86. The van der Waals surface area contributed by atoms with Crippen LogP contribution in [-0.2, 0) is 0 Å². The molecule has 0 bridgehead atoms. The van der Waals surface area contributed by atoms with Crippen LogP contribution in [-0.4, -0.2) is 12.9 Å². The van der Waals surface area contributed by atoms with E-state index in [0.717, 1.165) is 12.8 Å².